The Morgan fingerprint density at radius 3 is 2.54 bits per heavy atom. The summed E-state index contributed by atoms with van der Waals surface area (Å²) < 4.78 is 0. The minimum Gasteiger partial charge on any atom is -0.507 e. The highest BCUT2D eigenvalue weighted by atomic mass is 16.3. The van der Waals surface area contributed by atoms with Crippen molar-refractivity contribution >= 4 is 5.96 Å². The number of hydrogen-bond acceptors (Lipinski definition) is 3. The molecule has 1 aliphatic heterocycles. The zero-order chi connectivity index (χ0) is 18.5. The summed E-state index contributed by atoms with van der Waals surface area (Å²) in [5.74, 6) is 1.29. The molecule has 3 N–H and O–H groups in total. The van der Waals surface area contributed by atoms with Gasteiger partial charge in [0.05, 0.1) is 6.54 Å². The second-order valence-electron chi connectivity index (χ2n) is 7.84. The lowest BCUT2D eigenvalue weighted by Gasteiger charge is -2.24. The molecule has 0 radical (unpaired) electrons. The van der Waals surface area contributed by atoms with Gasteiger partial charge in [-0.25, -0.2) is 4.99 Å². The Labute approximate surface area is 157 Å². The summed E-state index contributed by atoms with van der Waals surface area (Å²) in [6.45, 7) is 9.80. The summed E-state index contributed by atoms with van der Waals surface area (Å²) in [6.07, 6.45) is 6.74. The number of aryl methyl sites for hydroxylation is 2. The third-order valence-electron chi connectivity index (χ3n) is 5.72. The second-order valence-corrected chi connectivity index (χ2v) is 7.84. The summed E-state index contributed by atoms with van der Waals surface area (Å²) in [7, 11) is 0. The van der Waals surface area contributed by atoms with E-state index in [-0.39, 0.29) is 0 Å². The van der Waals surface area contributed by atoms with Crippen molar-refractivity contribution in [2.45, 2.75) is 71.5 Å². The van der Waals surface area contributed by atoms with Crippen molar-refractivity contribution in [1.29, 1.82) is 0 Å². The molecular formula is C21H34N4O. The number of hydrogen-bond donors (Lipinski definition) is 3. The first-order chi connectivity index (χ1) is 12.6. The molecule has 1 heterocycles. The number of nitrogens with zero attached hydrogens (tertiary/aromatic N) is 2. The molecular weight excluding hydrogens is 324 g/mol. The number of benzene rings is 1. The van der Waals surface area contributed by atoms with Gasteiger partial charge in [0.1, 0.15) is 5.75 Å². The molecule has 0 amide bonds. The summed E-state index contributed by atoms with van der Waals surface area (Å²) in [6, 6.07) is 5.33. The second kappa shape index (κ2) is 8.76. The van der Waals surface area contributed by atoms with Crippen molar-refractivity contribution < 1.29 is 5.11 Å². The van der Waals surface area contributed by atoms with Crippen LogP contribution < -0.4 is 10.6 Å². The van der Waals surface area contributed by atoms with Crippen LogP contribution in [-0.4, -0.2) is 47.7 Å². The maximum Gasteiger partial charge on any atom is 0.191 e. The third-order valence-corrected chi connectivity index (χ3v) is 5.72. The zero-order valence-corrected chi connectivity index (χ0v) is 16.5. The van der Waals surface area contributed by atoms with E-state index >= 15 is 0 Å². The predicted octanol–water partition coefficient (Wildman–Crippen LogP) is 3.08. The fourth-order valence-corrected chi connectivity index (χ4v) is 4.33. The minimum atomic E-state index is 0.390. The van der Waals surface area contributed by atoms with Crippen LogP contribution in [0.1, 0.15) is 55.7 Å². The first kappa shape index (κ1) is 19.0. The van der Waals surface area contributed by atoms with E-state index in [1.807, 2.05) is 26.0 Å². The quantitative estimate of drug-likeness (QED) is 0.559. The number of aliphatic imine (C=N–C) groups is 1. The maximum atomic E-state index is 9.93. The molecule has 0 aromatic heterocycles. The normalized spacial score (nSPS) is 22.1. The maximum absolute atomic E-state index is 9.93. The van der Waals surface area contributed by atoms with Crippen LogP contribution in [0.5, 0.6) is 5.75 Å². The van der Waals surface area contributed by atoms with Crippen molar-refractivity contribution in [3.63, 3.8) is 0 Å². The van der Waals surface area contributed by atoms with Gasteiger partial charge in [0, 0.05) is 31.7 Å². The molecule has 1 aromatic rings. The fraction of sp³-hybridized carbons (Fsp3) is 0.667. The first-order valence-electron chi connectivity index (χ1n) is 10.1. The van der Waals surface area contributed by atoms with Crippen molar-refractivity contribution in [1.82, 2.24) is 15.5 Å². The number of phenols is 1. The molecule has 1 aliphatic carbocycles. The molecule has 0 bridgehead atoms. The Kier molecular flexibility index (Phi) is 6.41. The minimum absolute atomic E-state index is 0.390. The Morgan fingerprint density at radius 1 is 1.19 bits per heavy atom. The van der Waals surface area contributed by atoms with Crippen LogP contribution in [0.4, 0.5) is 0 Å². The lowest BCUT2D eigenvalue weighted by Crippen LogP contribution is -2.45. The van der Waals surface area contributed by atoms with E-state index < -0.39 is 0 Å². The van der Waals surface area contributed by atoms with Crippen LogP contribution in [0.2, 0.25) is 0 Å². The predicted molar refractivity (Wildman–Crippen MR) is 108 cm³/mol. The van der Waals surface area contributed by atoms with Gasteiger partial charge in [0.2, 0.25) is 0 Å². The summed E-state index contributed by atoms with van der Waals surface area (Å²) >= 11 is 0. The van der Waals surface area contributed by atoms with Gasteiger partial charge >= 0.3 is 0 Å². The van der Waals surface area contributed by atoms with Gasteiger partial charge < -0.3 is 15.7 Å². The Balaban J connectivity index is 1.59. The standard InChI is InChI=1S/C21H34N4O/c1-4-22-21(23-13-17-11-15(2)20(26)16(3)12-17)24-18-9-10-25(14-18)19-7-5-6-8-19/h11-12,18-19,26H,4-10,13-14H2,1-3H3,(H2,22,23,24). The molecule has 3 rings (SSSR count). The molecule has 1 unspecified atom stereocenters. The van der Waals surface area contributed by atoms with E-state index in [1.165, 1.54) is 38.6 Å². The fourth-order valence-electron chi connectivity index (χ4n) is 4.33. The van der Waals surface area contributed by atoms with Gasteiger partial charge in [-0.3, -0.25) is 4.90 Å². The number of guanidine groups is 1. The van der Waals surface area contributed by atoms with E-state index in [0.29, 0.717) is 18.3 Å². The summed E-state index contributed by atoms with van der Waals surface area (Å²) in [4.78, 5) is 7.44. The van der Waals surface area contributed by atoms with Crippen LogP contribution in [-0.2, 0) is 6.54 Å². The molecule has 5 heteroatoms. The number of likely N-dealkylation sites (tertiary alicyclic amines) is 1. The molecule has 2 aliphatic rings. The van der Waals surface area contributed by atoms with Crippen molar-refractivity contribution in [2.75, 3.05) is 19.6 Å². The van der Waals surface area contributed by atoms with Crippen LogP contribution in [0.25, 0.3) is 0 Å². The largest absolute Gasteiger partial charge is 0.507 e. The van der Waals surface area contributed by atoms with Gasteiger partial charge in [-0.05, 0) is 56.7 Å². The molecule has 1 saturated heterocycles. The van der Waals surface area contributed by atoms with E-state index in [4.69, 9.17) is 4.99 Å². The van der Waals surface area contributed by atoms with E-state index in [1.54, 1.807) is 0 Å². The Bertz CT molecular complexity index is 614. The third kappa shape index (κ3) is 4.70. The van der Waals surface area contributed by atoms with E-state index in [0.717, 1.165) is 41.8 Å². The van der Waals surface area contributed by atoms with Crippen molar-refractivity contribution in [3.05, 3.63) is 28.8 Å². The van der Waals surface area contributed by atoms with Crippen molar-refractivity contribution in [2.24, 2.45) is 4.99 Å². The number of aromatic hydroxyl groups is 1. The lowest BCUT2D eigenvalue weighted by atomic mass is 10.1. The number of nitrogens with one attached hydrogen (secondary N) is 2. The average molecular weight is 359 g/mol. The molecule has 0 spiro atoms. The molecule has 1 atom stereocenters. The smallest absolute Gasteiger partial charge is 0.191 e. The summed E-state index contributed by atoms with van der Waals surface area (Å²) in [5.41, 5.74) is 2.96. The first-order valence-corrected chi connectivity index (χ1v) is 10.1. The molecule has 5 nitrogen and oxygen atoms in total. The van der Waals surface area contributed by atoms with Gasteiger partial charge in [-0.2, -0.15) is 0 Å². The highest BCUT2D eigenvalue weighted by molar-refractivity contribution is 5.80. The summed E-state index contributed by atoms with van der Waals surface area (Å²) in [5, 5.41) is 16.9. The number of phenolic OH excluding ortho intramolecular Hbond substituents is 1. The molecule has 144 valence electrons. The van der Waals surface area contributed by atoms with Gasteiger partial charge in [-0.1, -0.05) is 25.0 Å². The highest BCUT2D eigenvalue weighted by Crippen LogP contribution is 2.26. The van der Waals surface area contributed by atoms with Gasteiger partial charge in [0.15, 0.2) is 5.96 Å². The highest BCUT2D eigenvalue weighted by Gasteiger charge is 2.30. The number of rotatable bonds is 5. The zero-order valence-electron chi connectivity index (χ0n) is 16.5. The average Bonchev–Trinajstić information content (AvgIpc) is 3.29. The molecule has 1 saturated carbocycles. The van der Waals surface area contributed by atoms with Gasteiger partial charge in [0.25, 0.3) is 0 Å². The van der Waals surface area contributed by atoms with Crippen molar-refractivity contribution in [3.8, 4) is 5.75 Å². The lowest BCUT2D eigenvalue weighted by molar-refractivity contribution is 0.242. The SMILES string of the molecule is CCNC(=NCc1cc(C)c(O)c(C)c1)NC1CCN(C2CCCC2)C1. The van der Waals surface area contributed by atoms with E-state index in [9.17, 15) is 5.11 Å². The Morgan fingerprint density at radius 2 is 1.88 bits per heavy atom. The van der Waals surface area contributed by atoms with Crippen LogP contribution >= 0.6 is 0 Å². The Hall–Kier alpha value is -1.75. The topological polar surface area (TPSA) is 59.9 Å². The van der Waals surface area contributed by atoms with Gasteiger partial charge in [-0.15, -0.1) is 0 Å². The monoisotopic (exact) mass is 358 g/mol. The van der Waals surface area contributed by atoms with E-state index in [2.05, 4.69) is 22.5 Å². The molecule has 26 heavy (non-hydrogen) atoms. The van der Waals surface area contributed by atoms with Crippen LogP contribution in [0.15, 0.2) is 17.1 Å². The molecule has 2 fully saturated rings. The van der Waals surface area contributed by atoms with Crippen LogP contribution in [0.3, 0.4) is 0 Å². The molecule has 1 aromatic carbocycles. The van der Waals surface area contributed by atoms with Crippen LogP contribution in [0, 0.1) is 13.8 Å².